The Kier molecular flexibility index (Phi) is 35.8. The molecule has 0 aliphatic heterocycles. The second-order valence-electron chi connectivity index (χ2n) is 5.07. The Morgan fingerprint density at radius 3 is 0.875 bits per heavy atom. The Bertz CT molecular complexity index is 111. The molecule has 0 saturated carbocycles. The summed E-state index contributed by atoms with van der Waals surface area (Å²) >= 11 is 0. The van der Waals surface area contributed by atoms with E-state index in [0.717, 1.165) is 0 Å². The molecule has 0 heterocycles. The molecule has 0 unspecified atom stereocenters. The predicted molar refractivity (Wildman–Crippen MR) is 78.3 cm³/mol. The number of hydrogen-bond donors (Lipinski definition) is 0. The molecule has 0 saturated heterocycles. The molecule has 0 amide bonds. The molecule has 0 aliphatic carbocycles. The summed E-state index contributed by atoms with van der Waals surface area (Å²) in [5.74, 6) is 0. The van der Waals surface area contributed by atoms with Crippen molar-refractivity contribution in [3.63, 3.8) is 0 Å². The van der Waals surface area contributed by atoms with Crippen LogP contribution in [-0.4, -0.2) is 8.41 Å². The SMILES string of the molecule is C.CC.CC(C)(C)/C=C\C(C)(C)C.[B].[CH3-].[Y]. The van der Waals surface area contributed by atoms with Crippen LogP contribution in [0, 0.1) is 18.3 Å². The molecule has 0 N–H and O–H groups in total. The van der Waals surface area contributed by atoms with Crippen molar-refractivity contribution < 1.29 is 32.7 Å². The first-order valence-electron chi connectivity index (χ1n) is 4.91. The van der Waals surface area contributed by atoms with Gasteiger partial charge >= 0.3 is 0 Å². The summed E-state index contributed by atoms with van der Waals surface area (Å²) in [7, 11) is 0. The fraction of sp³-hybridized carbons (Fsp3) is 0.786. The molecule has 0 aromatic heterocycles. The van der Waals surface area contributed by atoms with Crippen LogP contribution in [0.15, 0.2) is 12.2 Å². The minimum Gasteiger partial charge on any atom is -0.358 e. The van der Waals surface area contributed by atoms with Gasteiger partial charge in [0.15, 0.2) is 0 Å². The average molecular weight is 301 g/mol. The van der Waals surface area contributed by atoms with E-state index in [1.54, 1.807) is 0 Å². The zero-order chi connectivity index (χ0) is 10.4. The maximum Gasteiger partial charge on any atom is 0 e. The van der Waals surface area contributed by atoms with Gasteiger partial charge in [-0.1, -0.05) is 75.0 Å². The van der Waals surface area contributed by atoms with Crippen LogP contribution < -0.4 is 0 Å². The third-order valence-corrected chi connectivity index (χ3v) is 1.08. The zero-order valence-corrected chi connectivity index (χ0v) is 15.1. The molecule has 2 heteroatoms. The summed E-state index contributed by atoms with van der Waals surface area (Å²) in [6.45, 7) is 17.3. The smallest absolute Gasteiger partial charge is 0 e. The van der Waals surface area contributed by atoms with Crippen LogP contribution in [-0.2, 0) is 32.7 Å². The Morgan fingerprint density at radius 1 is 0.688 bits per heavy atom. The molecule has 4 radical (unpaired) electrons. The van der Waals surface area contributed by atoms with Crippen LogP contribution in [0.1, 0.15) is 62.8 Å². The van der Waals surface area contributed by atoms with E-state index in [1.807, 2.05) is 13.8 Å². The van der Waals surface area contributed by atoms with E-state index in [0.29, 0.717) is 10.8 Å². The first kappa shape index (κ1) is 36.0. The third-order valence-electron chi connectivity index (χ3n) is 1.08. The molecular weight excluding hydrogens is 268 g/mol. The van der Waals surface area contributed by atoms with Crippen molar-refractivity contribution in [1.82, 2.24) is 0 Å². The first-order valence-corrected chi connectivity index (χ1v) is 4.91. The van der Waals surface area contributed by atoms with E-state index in [9.17, 15) is 0 Å². The Labute approximate surface area is 134 Å². The largest absolute Gasteiger partial charge is 0.358 e. The van der Waals surface area contributed by atoms with E-state index in [2.05, 4.69) is 53.7 Å². The summed E-state index contributed by atoms with van der Waals surface area (Å²) in [4.78, 5) is 0. The summed E-state index contributed by atoms with van der Waals surface area (Å²) < 4.78 is 0. The summed E-state index contributed by atoms with van der Waals surface area (Å²) in [5.41, 5.74) is 0.653. The molecule has 0 aromatic rings. The van der Waals surface area contributed by atoms with Crippen molar-refractivity contribution in [2.24, 2.45) is 10.8 Å². The molecule has 0 aliphatic rings. The van der Waals surface area contributed by atoms with Gasteiger partial charge in [-0.3, -0.25) is 0 Å². The van der Waals surface area contributed by atoms with E-state index in [-0.39, 0.29) is 56.0 Å². The average Bonchev–Trinajstić information content (AvgIpc) is 1.86. The Balaban J connectivity index is -0.0000000393. The standard InChI is InChI=1S/C10H20.C2H6.CH4.CH3.B.Y/c1-9(2,3)7-8-10(4,5)6;1-2;;;;/h7-8H,1-6H3;1-2H3;1H4;1H3;;/q;;;-1;;/b8-7-;;;;;. The monoisotopic (exact) mass is 301 g/mol. The Morgan fingerprint density at radius 2 is 0.812 bits per heavy atom. The van der Waals surface area contributed by atoms with Crippen LogP contribution >= 0.6 is 0 Å². The second-order valence-corrected chi connectivity index (χ2v) is 5.07. The minimum atomic E-state index is 0. The van der Waals surface area contributed by atoms with Crippen LogP contribution in [0.3, 0.4) is 0 Å². The fourth-order valence-electron chi connectivity index (χ4n) is 0.500. The van der Waals surface area contributed by atoms with Gasteiger partial charge < -0.3 is 7.43 Å². The van der Waals surface area contributed by atoms with Crippen molar-refractivity contribution in [1.29, 1.82) is 0 Å². The van der Waals surface area contributed by atoms with E-state index >= 15 is 0 Å². The maximum absolute atomic E-state index is 2.27. The van der Waals surface area contributed by atoms with Crippen LogP contribution in [0.5, 0.6) is 0 Å². The molecule has 16 heavy (non-hydrogen) atoms. The van der Waals surface area contributed by atoms with Crippen LogP contribution in [0.25, 0.3) is 0 Å². The van der Waals surface area contributed by atoms with Gasteiger partial charge in [0.1, 0.15) is 0 Å². The van der Waals surface area contributed by atoms with Crippen LogP contribution in [0.2, 0.25) is 0 Å². The summed E-state index contributed by atoms with van der Waals surface area (Å²) in [6, 6.07) is 0. The molecule has 0 atom stereocenters. The molecule has 0 spiro atoms. The third kappa shape index (κ3) is 46.1. The second kappa shape index (κ2) is 15.9. The summed E-state index contributed by atoms with van der Waals surface area (Å²) in [6.07, 6.45) is 4.54. The normalized spacial score (nSPS) is 9.50. The van der Waals surface area contributed by atoms with Gasteiger partial charge in [-0.15, -0.1) is 0 Å². The van der Waals surface area contributed by atoms with E-state index in [4.69, 9.17) is 0 Å². The van der Waals surface area contributed by atoms with Gasteiger partial charge in [0.2, 0.25) is 0 Å². The van der Waals surface area contributed by atoms with Crippen molar-refractivity contribution in [2.75, 3.05) is 0 Å². The summed E-state index contributed by atoms with van der Waals surface area (Å²) in [5, 5.41) is 0. The number of rotatable bonds is 0. The van der Waals surface area contributed by atoms with Gasteiger partial charge in [0, 0.05) is 41.1 Å². The topological polar surface area (TPSA) is 0 Å². The van der Waals surface area contributed by atoms with E-state index in [1.165, 1.54) is 0 Å². The fourth-order valence-corrected chi connectivity index (χ4v) is 0.500. The van der Waals surface area contributed by atoms with Gasteiger partial charge in [0.05, 0.1) is 0 Å². The minimum absolute atomic E-state index is 0. The van der Waals surface area contributed by atoms with Crippen molar-refractivity contribution in [3.05, 3.63) is 19.6 Å². The molecule has 96 valence electrons. The quantitative estimate of drug-likeness (QED) is 0.321. The zero-order valence-electron chi connectivity index (χ0n) is 12.3. The molecule has 0 rings (SSSR count). The van der Waals surface area contributed by atoms with Gasteiger partial charge in [-0.25, -0.2) is 0 Å². The molecule has 0 fully saturated rings. The number of allylic oxidation sites excluding steroid dienone is 2. The molecule has 0 aromatic carbocycles. The molecule has 0 bridgehead atoms. The van der Waals surface area contributed by atoms with Gasteiger partial charge in [0.25, 0.3) is 0 Å². The van der Waals surface area contributed by atoms with Gasteiger partial charge in [-0.2, -0.15) is 0 Å². The number of hydrogen-bond acceptors (Lipinski definition) is 0. The maximum atomic E-state index is 2.27. The van der Waals surface area contributed by atoms with Crippen molar-refractivity contribution in [2.45, 2.75) is 62.8 Å². The van der Waals surface area contributed by atoms with Gasteiger partial charge in [-0.05, 0) is 10.8 Å². The first-order chi connectivity index (χ1) is 5.21. The molecular formula is C14H33BY-. The Hall–Kier alpha value is 0.909. The van der Waals surface area contributed by atoms with Crippen molar-refractivity contribution >= 4 is 8.41 Å². The predicted octanol–water partition coefficient (Wildman–Crippen LogP) is 5.36. The van der Waals surface area contributed by atoms with Crippen LogP contribution in [0.4, 0.5) is 0 Å². The molecule has 0 nitrogen and oxygen atoms in total. The van der Waals surface area contributed by atoms with E-state index < -0.39 is 0 Å². The van der Waals surface area contributed by atoms with Crippen molar-refractivity contribution in [3.8, 4) is 0 Å².